The third-order valence-electron chi connectivity index (χ3n) is 3.12. The van der Waals surface area contributed by atoms with E-state index in [-0.39, 0.29) is 6.29 Å². The van der Waals surface area contributed by atoms with E-state index >= 15 is 0 Å². The molecule has 2 heterocycles. The Labute approximate surface area is 118 Å². The van der Waals surface area contributed by atoms with E-state index in [0.717, 1.165) is 23.4 Å². The fraction of sp³-hybridized carbons (Fsp3) is 0.312. The van der Waals surface area contributed by atoms with Crippen LogP contribution < -0.4 is 4.74 Å². The summed E-state index contributed by atoms with van der Waals surface area (Å²) in [5.74, 6) is 0.766. The van der Waals surface area contributed by atoms with Crippen LogP contribution in [0.4, 0.5) is 0 Å². The van der Waals surface area contributed by atoms with E-state index in [0.29, 0.717) is 19.8 Å². The minimum atomic E-state index is -0.119. The third-order valence-corrected chi connectivity index (χ3v) is 3.12. The van der Waals surface area contributed by atoms with Crippen LogP contribution in [0.1, 0.15) is 6.42 Å². The van der Waals surface area contributed by atoms with Crippen LogP contribution in [0.2, 0.25) is 0 Å². The van der Waals surface area contributed by atoms with Crippen LogP contribution in [0.25, 0.3) is 11.3 Å². The summed E-state index contributed by atoms with van der Waals surface area (Å²) in [5.41, 5.74) is 2.05. The minimum Gasteiger partial charge on any atom is -0.492 e. The standard InChI is InChI=1S/C16H17NO3/c1-2-4-13(5-3-1)15-7-6-14(12-17-15)18-9-8-16-19-10-11-20-16/h1-7,12,16H,8-11H2. The molecule has 1 aromatic carbocycles. The van der Waals surface area contributed by atoms with Gasteiger partial charge in [0.25, 0.3) is 0 Å². The van der Waals surface area contributed by atoms with Gasteiger partial charge in [-0.1, -0.05) is 30.3 Å². The van der Waals surface area contributed by atoms with Crippen molar-refractivity contribution >= 4 is 0 Å². The van der Waals surface area contributed by atoms with Gasteiger partial charge in [0.2, 0.25) is 0 Å². The molecule has 3 rings (SSSR count). The summed E-state index contributed by atoms with van der Waals surface area (Å²) in [6.07, 6.45) is 2.37. The monoisotopic (exact) mass is 271 g/mol. The summed E-state index contributed by atoms with van der Waals surface area (Å²) in [4.78, 5) is 4.41. The van der Waals surface area contributed by atoms with Crippen LogP contribution in [0, 0.1) is 0 Å². The molecule has 0 amide bonds. The average molecular weight is 271 g/mol. The normalized spacial score (nSPS) is 15.4. The molecule has 104 valence electrons. The highest BCUT2D eigenvalue weighted by molar-refractivity contribution is 5.58. The second kappa shape index (κ2) is 6.50. The Balaban J connectivity index is 1.53. The number of hydrogen-bond acceptors (Lipinski definition) is 4. The van der Waals surface area contributed by atoms with Crippen LogP contribution in [-0.4, -0.2) is 31.1 Å². The van der Waals surface area contributed by atoms with Gasteiger partial charge >= 0.3 is 0 Å². The molecular formula is C16H17NO3. The third kappa shape index (κ3) is 3.35. The van der Waals surface area contributed by atoms with Crippen molar-refractivity contribution in [1.29, 1.82) is 0 Å². The van der Waals surface area contributed by atoms with Crippen molar-refractivity contribution in [1.82, 2.24) is 4.98 Å². The Bertz CT molecular complexity index is 521. The van der Waals surface area contributed by atoms with Gasteiger partial charge in [0.05, 0.1) is 31.7 Å². The summed E-state index contributed by atoms with van der Waals surface area (Å²) in [7, 11) is 0. The number of hydrogen-bond donors (Lipinski definition) is 0. The lowest BCUT2D eigenvalue weighted by Crippen LogP contribution is -2.12. The molecule has 2 aromatic rings. The molecular weight excluding hydrogens is 254 g/mol. The Hall–Kier alpha value is -1.91. The largest absolute Gasteiger partial charge is 0.492 e. The Kier molecular flexibility index (Phi) is 4.25. The van der Waals surface area contributed by atoms with Crippen LogP contribution in [0.5, 0.6) is 5.75 Å². The maximum atomic E-state index is 5.64. The summed E-state index contributed by atoms with van der Waals surface area (Å²) in [5, 5.41) is 0. The van der Waals surface area contributed by atoms with Crippen LogP contribution in [0.3, 0.4) is 0 Å². The molecule has 0 saturated carbocycles. The van der Waals surface area contributed by atoms with Gasteiger partial charge in [-0.25, -0.2) is 0 Å². The molecule has 1 saturated heterocycles. The van der Waals surface area contributed by atoms with Crippen molar-refractivity contribution in [3.8, 4) is 17.0 Å². The van der Waals surface area contributed by atoms with Gasteiger partial charge in [-0.05, 0) is 12.1 Å². The zero-order chi connectivity index (χ0) is 13.6. The highest BCUT2D eigenvalue weighted by Crippen LogP contribution is 2.19. The summed E-state index contributed by atoms with van der Waals surface area (Å²) in [6, 6.07) is 14.0. The van der Waals surface area contributed by atoms with Gasteiger partial charge < -0.3 is 14.2 Å². The molecule has 0 radical (unpaired) electrons. The van der Waals surface area contributed by atoms with Crippen molar-refractivity contribution in [2.75, 3.05) is 19.8 Å². The van der Waals surface area contributed by atoms with Crippen molar-refractivity contribution in [3.05, 3.63) is 48.7 Å². The van der Waals surface area contributed by atoms with Gasteiger partial charge in [-0.15, -0.1) is 0 Å². The van der Waals surface area contributed by atoms with E-state index in [1.807, 2.05) is 42.5 Å². The average Bonchev–Trinajstić information content (AvgIpc) is 3.02. The van der Waals surface area contributed by atoms with Crippen molar-refractivity contribution in [3.63, 3.8) is 0 Å². The summed E-state index contributed by atoms with van der Waals surface area (Å²) < 4.78 is 16.3. The summed E-state index contributed by atoms with van der Waals surface area (Å²) >= 11 is 0. The van der Waals surface area contributed by atoms with Gasteiger partial charge in [0, 0.05) is 12.0 Å². The van der Waals surface area contributed by atoms with Gasteiger partial charge in [0.1, 0.15) is 5.75 Å². The maximum Gasteiger partial charge on any atom is 0.161 e. The van der Waals surface area contributed by atoms with Crippen LogP contribution in [0.15, 0.2) is 48.7 Å². The number of pyridine rings is 1. The van der Waals surface area contributed by atoms with Crippen molar-refractivity contribution < 1.29 is 14.2 Å². The first kappa shape index (κ1) is 13.1. The van der Waals surface area contributed by atoms with E-state index in [2.05, 4.69) is 4.98 Å². The molecule has 0 spiro atoms. The fourth-order valence-corrected chi connectivity index (χ4v) is 2.09. The molecule has 0 aliphatic carbocycles. The van der Waals surface area contributed by atoms with E-state index in [9.17, 15) is 0 Å². The lowest BCUT2D eigenvalue weighted by Gasteiger charge is -2.10. The van der Waals surface area contributed by atoms with E-state index in [1.54, 1.807) is 6.20 Å². The van der Waals surface area contributed by atoms with Gasteiger partial charge in [0.15, 0.2) is 6.29 Å². The first-order valence-electron chi connectivity index (χ1n) is 6.79. The number of rotatable bonds is 5. The van der Waals surface area contributed by atoms with Gasteiger partial charge in [-0.3, -0.25) is 4.98 Å². The zero-order valence-corrected chi connectivity index (χ0v) is 11.2. The molecule has 0 bridgehead atoms. The first-order chi connectivity index (χ1) is 9.92. The molecule has 1 aromatic heterocycles. The van der Waals surface area contributed by atoms with E-state index < -0.39 is 0 Å². The lowest BCUT2D eigenvalue weighted by molar-refractivity contribution is -0.0531. The number of ether oxygens (including phenoxy) is 3. The predicted octanol–water partition coefficient (Wildman–Crippen LogP) is 2.89. The zero-order valence-electron chi connectivity index (χ0n) is 11.2. The molecule has 0 N–H and O–H groups in total. The molecule has 0 unspecified atom stereocenters. The fourth-order valence-electron chi connectivity index (χ4n) is 2.09. The second-order valence-corrected chi connectivity index (χ2v) is 4.55. The highest BCUT2D eigenvalue weighted by atomic mass is 16.7. The molecule has 1 aliphatic rings. The van der Waals surface area contributed by atoms with Crippen molar-refractivity contribution in [2.24, 2.45) is 0 Å². The Morgan fingerprint density at radius 3 is 2.55 bits per heavy atom. The molecule has 0 atom stereocenters. The number of aromatic nitrogens is 1. The summed E-state index contributed by atoms with van der Waals surface area (Å²) in [6.45, 7) is 1.92. The Morgan fingerprint density at radius 1 is 1.05 bits per heavy atom. The maximum absolute atomic E-state index is 5.64. The molecule has 1 aliphatic heterocycles. The second-order valence-electron chi connectivity index (χ2n) is 4.55. The topological polar surface area (TPSA) is 40.6 Å². The smallest absolute Gasteiger partial charge is 0.161 e. The SMILES string of the molecule is c1ccc(-c2ccc(OCCC3OCCO3)cn2)cc1. The van der Waals surface area contributed by atoms with Crippen molar-refractivity contribution in [2.45, 2.75) is 12.7 Å². The quantitative estimate of drug-likeness (QED) is 0.838. The Morgan fingerprint density at radius 2 is 1.85 bits per heavy atom. The van der Waals surface area contributed by atoms with Crippen LogP contribution in [-0.2, 0) is 9.47 Å². The van der Waals surface area contributed by atoms with Crippen LogP contribution >= 0.6 is 0 Å². The molecule has 4 nitrogen and oxygen atoms in total. The van der Waals surface area contributed by atoms with E-state index in [4.69, 9.17) is 14.2 Å². The highest BCUT2D eigenvalue weighted by Gasteiger charge is 2.15. The first-order valence-corrected chi connectivity index (χ1v) is 6.79. The number of nitrogens with zero attached hydrogens (tertiary/aromatic N) is 1. The van der Waals surface area contributed by atoms with Gasteiger partial charge in [-0.2, -0.15) is 0 Å². The van der Waals surface area contributed by atoms with E-state index in [1.165, 1.54) is 0 Å². The molecule has 4 heteroatoms. The minimum absolute atomic E-state index is 0.119. The lowest BCUT2D eigenvalue weighted by atomic mass is 10.1. The predicted molar refractivity (Wildman–Crippen MR) is 75.5 cm³/mol. The number of benzene rings is 1. The molecule has 20 heavy (non-hydrogen) atoms. The molecule has 1 fully saturated rings.